The largest absolute Gasteiger partial charge is 0.496 e. The second-order valence-electron chi connectivity index (χ2n) is 3.87. The van der Waals surface area contributed by atoms with Crippen molar-refractivity contribution in [1.29, 1.82) is 0 Å². The third-order valence-corrected chi connectivity index (χ3v) is 3.64. The van der Waals surface area contributed by atoms with Crippen LogP contribution in [0, 0.1) is 12.7 Å². The Bertz CT molecular complexity index is 524. The van der Waals surface area contributed by atoms with Gasteiger partial charge in [0, 0.05) is 5.56 Å². The van der Waals surface area contributed by atoms with Gasteiger partial charge in [0.1, 0.15) is 11.6 Å². The van der Waals surface area contributed by atoms with Crippen LogP contribution in [0.1, 0.15) is 22.7 Å². The molecule has 0 fully saturated rings. The van der Waals surface area contributed by atoms with Crippen molar-refractivity contribution in [2.24, 2.45) is 5.73 Å². The zero-order chi connectivity index (χ0) is 12.4. The van der Waals surface area contributed by atoms with Gasteiger partial charge >= 0.3 is 0 Å². The molecule has 0 saturated carbocycles. The number of halogens is 1. The molecule has 1 atom stereocenters. The number of hydrogen-bond donors (Lipinski definition) is 1. The number of thiophene rings is 1. The van der Waals surface area contributed by atoms with Gasteiger partial charge < -0.3 is 10.5 Å². The van der Waals surface area contributed by atoms with Crippen LogP contribution in [0.5, 0.6) is 5.75 Å². The molecule has 1 heterocycles. The van der Waals surface area contributed by atoms with Crippen LogP contribution in [-0.2, 0) is 0 Å². The lowest BCUT2D eigenvalue weighted by molar-refractivity contribution is 0.406. The molecule has 0 bridgehead atoms. The van der Waals surface area contributed by atoms with E-state index < -0.39 is 0 Å². The summed E-state index contributed by atoms with van der Waals surface area (Å²) in [5, 5.41) is 4.02. The highest BCUT2D eigenvalue weighted by atomic mass is 32.1. The molecule has 0 amide bonds. The fourth-order valence-electron chi connectivity index (χ4n) is 1.80. The Kier molecular flexibility index (Phi) is 3.45. The van der Waals surface area contributed by atoms with Crippen molar-refractivity contribution in [3.05, 3.63) is 51.5 Å². The monoisotopic (exact) mass is 251 g/mol. The molecule has 1 aromatic heterocycles. The van der Waals surface area contributed by atoms with Gasteiger partial charge in [-0.1, -0.05) is 0 Å². The standard InChI is InChI=1S/C13H14FNOS/c1-8-6-17-7-11(8)13(15)10-5-9(14)3-4-12(10)16-2/h3-7,13H,15H2,1-2H3. The van der Waals surface area contributed by atoms with Crippen LogP contribution < -0.4 is 10.5 Å². The molecule has 0 aliphatic carbocycles. The van der Waals surface area contributed by atoms with Crippen LogP contribution in [0.3, 0.4) is 0 Å². The topological polar surface area (TPSA) is 35.2 Å². The number of ether oxygens (including phenoxy) is 1. The Balaban J connectivity index is 2.46. The van der Waals surface area contributed by atoms with Gasteiger partial charge in [-0.05, 0) is 47.0 Å². The Morgan fingerprint density at radius 2 is 2.06 bits per heavy atom. The fraction of sp³-hybridized carbons (Fsp3) is 0.231. The first-order valence-electron chi connectivity index (χ1n) is 5.25. The van der Waals surface area contributed by atoms with E-state index in [1.54, 1.807) is 24.5 Å². The SMILES string of the molecule is COc1ccc(F)cc1C(N)c1cscc1C. The van der Waals surface area contributed by atoms with E-state index in [9.17, 15) is 4.39 Å². The summed E-state index contributed by atoms with van der Waals surface area (Å²) in [4.78, 5) is 0. The molecule has 0 spiro atoms. The second kappa shape index (κ2) is 4.85. The Morgan fingerprint density at radius 3 is 2.65 bits per heavy atom. The predicted octanol–water partition coefficient (Wildman–Crippen LogP) is 3.25. The number of benzene rings is 1. The van der Waals surface area contributed by atoms with Crippen LogP contribution >= 0.6 is 11.3 Å². The Labute approximate surface area is 104 Å². The molecular weight excluding hydrogens is 237 g/mol. The summed E-state index contributed by atoms with van der Waals surface area (Å²) in [7, 11) is 1.56. The van der Waals surface area contributed by atoms with Crippen LogP contribution in [0.15, 0.2) is 29.0 Å². The number of hydrogen-bond acceptors (Lipinski definition) is 3. The van der Waals surface area contributed by atoms with Crippen molar-refractivity contribution in [3.63, 3.8) is 0 Å². The maximum Gasteiger partial charge on any atom is 0.124 e. The lowest BCUT2D eigenvalue weighted by Crippen LogP contribution is -2.13. The Morgan fingerprint density at radius 1 is 1.29 bits per heavy atom. The summed E-state index contributed by atoms with van der Waals surface area (Å²) in [6.45, 7) is 2.00. The van der Waals surface area contributed by atoms with Gasteiger partial charge in [0.2, 0.25) is 0 Å². The van der Waals surface area contributed by atoms with Gasteiger partial charge in [0.05, 0.1) is 13.2 Å². The van der Waals surface area contributed by atoms with E-state index in [0.717, 1.165) is 11.1 Å². The lowest BCUT2D eigenvalue weighted by Gasteiger charge is -2.16. The average Bonchev–Trinajstić information content (AvgIpc) is 2.74. The summed E-state index contributed by atoms with van der Waals surface area (Å²) >= 11 is 1.59. The summed E-state index contributed by atoms with van der Waals surface area (Å²) in [5.74, 6) is 0.314. The minimum absolute atomic E-state index is 0.302. The lowest BCUT2D eigenvalue weighted by atomic mass is 9.98. The molecule has 2 nitrogen and oxygen atoms in total. The molecule has 17 heavy (non-hydrogen) atoms. The molecule has 0 radical (unpaired) electrons. The number of nitrogens with two attached hydrogens (primary N) is 1. The number of aryl methyl sites for hydroxylation is 1. The Hall–Kier alpha value is -1.39. The van der Waals surface area contributed by atoms with E-state index in [2.05, 4.69) is 0 Å². The molecule has 0 aliphatic heterocycles. The van der Waals surface area contributed by atoms with Gasteiger partial charge in [-0.15, -0.1) is 0 Å². The van der Waals surface area contributed by atoms with Gasteiger partial charge in [-0.2, -0.15) is 11.3 Å². The maximum absolute atomic E-state index is 13.3. The van der Waals surface area contributed by atoms with Gasteiger partial charge in [-0.25, -0.2) is 4.39 Å². The first-order chi connectivity index (χ1) is 8.13. The molecule has 2 N–H and O–H groups in total. The van der Waals surface area contributed by atoms with Gasteiger partial charge in [0.25, 0.3) is 0 Å². The molecule has 0 aliphatic rings. The molecule has 2 aromatic rings. The average molecular weight is 251 g/mol. The summed E-state index contributed by atoms with van der Waals surface area (Å²) < 4.78 is 18.5. The summed E-state index contributed by atoms with van der Waals surface area (Å²) in [5.41, 5.74) is 8.97. The van der Waals surface area contributed by atoms with Crippen molar-refractivity contribution >= 4 is 11.3 Å². The van der Waals surface area contributed by atoms with E-state index >= 15 is 0 Å². The fourth-order valence-corrected chi connectivity index (χ4v) is 2.69. The van der Waals surface area contributed by atoms with Crippen LogP contribution in [0.25, 0.3) is 0 Å². The van der Waals surface area contributed by atoms with Crippen molar-refractivity contribution in [3.8, 4) is 5.75 Å². The molecule has 2 rings (SSSR count). The van der Waals surface area contributed by atoms with Crippen molar-refractivity contribution in [2.75, 3.05) is 7.11 Å². The van der Waals surface area contributed by atoms with E-state index in [4.69, 9.17) is 10.5 Å². The number of methoxy groups -OCH3 is 1. The highest BCUT2D eigenvalue weighted by Gasteiger charge is 2.17. The minimum Gasteiger partial charge on any atom is -0.496 e. The zero-order valence-electron chi connectivity index (χ0n) is 9.74. The molecule has 1 unspecified atom stereocenters. The third kappa shape index (κ3) is 2.33. The molecule has 4 heteroatoms. The zero-order valence-corrected chi connectivity index (χ0v) is 10.6. The molecular formula is C13H14FNOS. The minimum atomic E-state index is -0.355. The summed E-state index contributed by atoms with van der Waals surface area (Å²) in [6.07, 6.45) is 0. The normalized spacial score (nSPS) is 12.5. The van der Waals surface area contributed by atoms with Crippen molar-refractivity contribution in [1.82, 2.24) is 0 Å². The molecule has 90 valence electrons. The van der Waals surface area contributed by atoms with Crippen LogP contribution in [0.2, 0.25) is 0 Å². The molecule has 1 aromatic carbocycles. The van der Waals surface area contributed by atoms with Gasteiger partial charge in [0.15, 0.2) is 0 Å². The van der Waals surface area contributed by atoms with E-state index in [0.29, 0.717) is 11.3 Å². The van der Waals surface area contributed by atoms with Crippen molar-refractivity contribution < 1.29 is 9.13 Å². The quantitative estimate of drug-likeness (QED) is 0.908. The van der Waals surface area contributed by atoms with Gasteiger partial charge in [-0.3, -0.25) is 0 Å². The van der Waals surface area contributed by atoms with Crippen LogP contribution in [0.4, 0.5) is 4.39 Å². The highest BCUT2D eigenvalue weighted by molar-refractivity contribution is 7.08. The van der Waals surface area contributed by atoms with Crippen LogP contribution in [-0.4, -0.2) is 7.11 Å². The first-order valence-corrected chi connectivity index (χ1v) is 6.19. The maximum atomic E-state index is 13.3. The molecule has 0 saturated heterocycles. The summed E-state index contributed by atoms with van der Waals surface area (Å²) in [6, 6.07) is 4.05. The second-order valence-corrected chi connectivity index (χ2v) is 4.62. The third-order valence-electron chi connectivity index (χ3n) is 2.76. The predicted molar refractivity (Wildman–Crippen MR) is 68.0 cm³/mol. The smallest absolute Gasteiger partial charge is 0.124 e. The van der Waals surface area contributed by atoms with Crippen molar-refractivity contribution in [2.45, 2.75) is 13.0 Å². The van der Waals surface area contributed by atoms with E-state index in [-0.39, 0.29) is 11.9 Å². The first kappa shape index (κ1) is 12.1. The van der Waals surface area contributed by atoms with E-state index in [1.165, 1.54) is 12.1 Å². The highest BCUT2D eigenvalue weighted by Crippen LogP contribution is 2.31. The number of rotatable bonds is 3. The van der Waals surface area contributed by atoms with E-state index in [1.807, 2.05) is 17.7 Å².